The molecule has 0 aromatic heterocycles. The highest BCUT2D eigenvalue weighted by Crippen LogP contribution is 2.36. The van der Waals surface area contributed by atoms with Gasteiger partial charge in [-0.05, 0) is 31.6 Å². The number of phosphoric acid groups is 1. The van der Waals surface area contributed by atoms with E-state index in [4.69, 9.17) is 19.3 Å². The van der Waals surface area contributed by atoms with Crippen molar-refractivity contribution >= 4 is 25.5 Å². The normalized spacial score (nSPS) is 19.5. The topological polar surface area (TPSA) is 177 Å². The monoisotopic (exact) mass is 718 g/mol. The van der Waals surface area contributed by atoms with Crippen LogP contribution in [0.4, 0.5) is 0 Å². The smallest absolute Gasteiger partial charge is 0.462 e. The molecule has 4 N–H and O–H groups in total. The molecule has 11 nitrogen and oxygen atoms in total. The first-order chi connectivity index (χ1) is 23.3. The molecule has 1 fully saturated rings. The molecule has 0 bridgehead atoms. The van der Waals surface area contributed by atoms with Crippen molar-refractivity contribution in [3.63, 3.8) is 0 Å². The first kappa shape index (κ1) is 45.4. The molecule has 0 radical (unpaired) electrons. The van der Waals surface area contributed by atoms with E-state index in [9.17, 15) is 29.2 Å². The molecular weight excluding hydrogens is 651 g/mol. The maximum atomic E-state index is 12.5. The number of phosphoric ester groups is 1. The molecule has 5 atom stereocenters. The Hall–Kier alpha value is -1.62. The van der Waals surface area contributed by atoms with Gasteiger partial charge in [0.2, 0.25) is 0 Å². The van der Waals surface area contributed by atoms with Crippen LogP contribution in [0.3, 0.4) is 0 Å². The van der Waals surface area contributed by atoms with Gasteiger partial charge >= 0.3 is 19.8 Å². The van der Waals surface area contributed by atoms with Crippen molar-refractivity contribution < 1.29 is 52.9 Å². The quantitative estimate of drug-likeness (QED) is 0.0250. The van der Waals surface area contributed by atoms with Gasteiger partial charge in [0, 0.05) is 31.1 Å². The highest BCUT2D eigenvalue weighted by molar-refractivity contribution is 7.46. The number of unbranched alkanes of at least 4 members (excludes halogenated alkanes) is 12. The van der Waals surface area contributed by atoms with Crippen molar-refractivity contribution in [1.29, 1.82) is 0 Å². The summed E-state index contributed by atoms with van der Waals surface area (Å²) >= 11 is 0. The number of aliphatic hydroxyl groups excluding tert-OH is 2. The molecule has 0 amide bonds. The minimum Gasteiger partial charge on any atom is -0.462 e. The first-order valence-electron chi connectivity index (χ1n) is 18.9. The number of hydrogen-bond acceptors (Lipinski definition) is 9. The van der Waals surface area contributed by atoms with Crippen LogP contribution < -0.4 is 0 Å². The molecule has 0 aliphatic heterocycles. The fourth-order valence-corrected chi connectivity index (χ4v) is 6.58. The van der Waals surface area contributed by atoms with E-state index < -0.39 is 44.7 Å². The van der Waals surface area contributed by atoms with Gasteiger partial charge in [-0.2, -0.15) is 0 Å². The summed E-state index contributed by atoms with van der Waals surface area (Å²) < 4.78 is 26.3. The van der Waals surface area contributed by atoms with Crippen molar-refractivity contribution in [2.24, 2.45) is 17.8 Å². The molecule has 1 aliphatic carbocycles. The zero-order chi connectivity index (χ0) is 36.5. The Morgan fingerprint density at radius 3 is 2.02 bits per heavy atom. The van der Waals surface area contributed by atoms with Crippen LogP contribution >= 0.6 is 7.82 Å². The number of hydrogen-bond donors (Lipinski definition) is 4. The summed E-state index contributed by atoms with van der Waals surface area (Å²) in [4.78, 5) is 55.3. The fraction of sp³-hybridized carbons (Fsp3) is 0.865. The van der Waals surface area contributed by atoms with Crippen LogP contribution in [0.15, 0.2) is 12.2 Å². The number of aliphatic hydroxyl groups is 2. The molecule has 0 aromatic rings. The van der Waals surface area contributed by atoms with Crippen molar-refractivity contribution in [3.05, 3.63) is 12.2 Å². The molecule has 0 aromatic carbocycles. The van der Waals surface area contributed by atoms with E-state index in [2.05, 4.69) is 25.3 Å². The van der Waals surface area contributed by atoms with E-state index in [0.29, 0.717) is 25.7 Å². The predicted molar refractivity (Wildman–Crippen MR) is 189 cm³/mol. The van der Waals surface area contributed by atoms with Crippen LogP contribution in [0.2, 0.25) is 0 Å². The largest absolute Gasteiger partial charge is 0.469 e. The maximum absolute atomic E-state index is 12.5. The van der Waals surface area contributed by atoms with Crippen LogP contribution in [-0.4, -0.2) is 69.2 Å². The average molecular weight is 719 g/mol. The fourth-order valence-electron chi connectivity index (χ4n) is 6.22. The molecule has 49 heavy (non-hydrogen) atoms. The van der Waals surface area contributed by atoms with Crippen molar-refractivity contribution in [2.45, 2.75) is 174 Å². The molecule has 286 valence electrons. The number of Topliss-reactive ketones (excluding diaryl/α,β-unsaturated/α-hetero) is 1. The van der Waals surface area contributed by atoms with Crippen molar-refractivity contribution in [3.8, 4) is 0 Å². The molecular formula is C37H67O11P. The highest BCUT2D eigenvalue weighted by Gasteiger charge is 2.39. The number of rotatable bonds is 30. The van der Waals surface area contributed by atoms with Crippen LogP contribution in [0.5, 0.6) is 0 Å². The Balaban J connectivity index is 2.32. The zero-order valence-corrected chi connectivity index (χ0v) is 31.4. The van der Waals surface area contributed by atoms with Crippen LogP contribution in [0.25, 0.3) is 0 Å². The van der Waals surface area contributed by atoms with Gasteiger partial charge in [-0.25, -0.2) is 4.57 Å². The Bertz CT molecular complexity index is 979. The predicted octanol–water partition coefficient (Wildman–Crippen LogP) is 7.51. The standard InChI is InChI=1S/C37H67O11P/c1-4-5-14-20-30(38)24-25-33-32(34(39)26-35(33)40)21-16-12-13-17-22-36(41)46-27-31(28-47-49(43,44)45)48-37(42)23-18-11-9-7-6-8-10-15-19-29(2)3/h24-25,29-33,35,38,40H,4-23,26-28H2,1-3H3,(H2,43,44,45)/b25-24+/t30-,31+,32+,33+,35+/m0/s1. The van der Waals surface area contributed by atoms with E-state index >= 15 is 0 Å². The molecule has 1 rings (SSSR count). The molecule has 12 heteroatoms. The van der Waals surface area contributed by atoms with Crippen molar-refractivity contribution in [2.75, 3.05) is 13.2 Å². The number of carbonyl (C=O) groups is 3. The molecule has 1 saturated carbocycles. The molecule has 0 spiro atoms. The van der Waals surface area contributed by atoms with Crippen molar-refractivity contribution in [1.82, 2.24) is 0 Å². The van der Waals surface area contributed by atoms with Gasteiger partial charge in [0.05, 0.1) is 18.8 Å². The SMILES string of the molecule is CCCCC[C@H](O)/C=C/[C@H]1[C@H](O)CC(=O)[C@@H]1CCCCCCC(=O)OC[C@H](COP(=O)(O)O)OC(=O)CCCCCCCCCCC(C)C. The van der Waals surface area contributed by atoms with Crippen LogP contribution in [0, 0.1) is 17.8 Å². The summed E-state index contributed by atoms with van der Waals surface area (Å²) in [5.74, 6) is -0.818. The number of ketones is 1. The third kappa shape index (κ3) is 24.2. The summed E-state index contributed by atoms with van der Waals surface area (Å²) in [5.41, 5.74) is 0. The number of carbonyl (C=O) groups excluding carboxylic acids is 3. The lowest BCUT2D eigenvalue weighted by Crippen LogP contribution is -2.29. The molecule has 0 unspecified atom stereocenters. The van der Waals surface area contributed by atoms with E-state index in [1.807, 2.05) is 0 Å². The molecule has 0 saturated heterocycles. The minimum absolute atomic E-state index is 0.0439. The zero-order valence-electron chi connectivity index (χ0n) is 30.5. The van der Waals surface area contributed by atoms with E-state index in [-0.39, 0.29) is 43.5 Å². The second-order valence-electron chi connectivity index (χ2n) is 14.2. The summed E-state index contributed by atoms with van der Waals surface area (Å²) in [6.07, 6.45) is 18.6. The van der Waals surface area contributed by atoms with Gasteiger partial charge in [0.1, 0.15) is 12.4 Å². The van der Waals surface area contributed by atoms with Gasteiger partial charge < -0.3 is 29.5 Å². The summed E-state index contributed by atoms with van der Waals surface area (Å²) in [6.45, 7) is 5.63. The van der Waals surface area contributed by atoms with Gasteiger partial charge in [-0.15, -0.1) is 0 Å². The minimum atomic E-state index is -4.80. The first-order valence-corrected chi connectivity index (χ1v) is 20.5. The summed E-state index contributed by atoms with van der Waals surface area (Å²) in [7, 11) is -4.80. The summed E-state index contributed by atoms with van der Waals surface area (Å²) in [6, 6.07) is 0. The highest BCUT2D eigenvalue weighted by atomic mass is 31.2. The Kier molecular flexibility index (Phi) is 25.1. The molecule has 1 aliphatic rings. The van der Waals surface area contributed by atoms with Gasteiger partial charge in [0.15, 0.2) is 6.10 Å². The van der Waals surface area contributed by atoms with E-state index in [1.165, 1.54) is 32.1 Å². The molecule has 0 heterocycles. The number of esters is 2. The summed E-state index contributed by atoms with van der Waals surface area (Å²) in [5, 5.41) is 20.6. The Morgan fingerprint density at radius 1 is 0.837 bits per heavy atom. The second kappa shape index (κ2) is 27.1. The average Bonchev–Trinajstić information content (AvgIpc) is 3.30. The second-order valence-corrected chi connectivity index (χ2v) is 15.4. The maximum Gasteiger partial charge on any atom is 0.469 e. The lowest BCUT2D eigenvalue weighted by molar-refractivity contribution is -0.161. The Labute approximate surface area is 295 Å². The van der Waals surface area contributed by atoms with Crippen LogP contribution in [-0.2, 0) is 32.9 Å². The van der Waals surface area contributed by atoms with E-state index in [0.717, 1.165) is 63.7 Å². The Morgan fingerprint density at radius 2 is 1.41 bits per heavy atom. The third-order valence-corrected chi connectivity index (χ3v) is 9.59. The van der Waals surface area contributed by atoms with Gasteiger partial charge in [0.25, 0.3) is 0 Å². The lowest BCUT2D eigenvalue weighted by atomic mass is 9.88. The van der Waals surface area contributed by atoms with E-state index in [1.54, 1.807) is 12.2 Å². The van der Waals surface area contributed by atoms with Crippen LogP contribution in [0.1, 0.15) is 156 Å². The van der Waals surface area contributed by atoms with Gasteiger partial charge in [-0.3, -0.25) is 18.9 Å². The van der Waals surface area contributed by atoms with Gasteiger partial charge in [-0.1, -0.05) is 123 Å². The third-order valence-electron chi connectivity index (χ3n) is 9.11. The lowest BCUT2D eigenvalue weighted by Gasteiger charge is -2.18. The number of ether oxygens (including phenoxy) is 2.